The molecule has 27 heavy (non-hydrogen) atoms. The van der Waals surface area contributed by atoms with Crippen molar-refractivity contribution in [3.05, 3.63) is 72.8 Å². The third-order valence-corrected chi connectivity index (χ3v) is 9.62. The van der Waals surface area contributed by atoms with E-state index in [2.05, 4.69) is 33.9 Å². The molecular formula is C23H31NO2Si. The lowest BCUT2D eigenvalue weighted by Gasteiger charge is -2.37. The third-order valence-electron chi connectivity index (χ3n) is 5.05. The van der Waals surface area contributed by atoms with Crippen LogP contribution in [0.1, 0.15) is 27.7 Å². The van der Waals surface area contributed by atoms with E-state index in [1.165, 1.54) is 0 Å². The van der Waals surface area contributed by atoms with Crippen molar-refractivity contribution >= 4 is 25.6 Å². The van der Waals surface area contributed by atoms with Gasteiger partial charge in [-0.25, -0.2) is 0 Å². The fraction of sp³-hybridized carbons (Fsp3) is 0.348. The number of nitrogens with zero attached hydrogens (tertiary/aromatic N) is 1. The van der Waals surface area contributed by atoms with Gasteiger partial charge in [0.15, 0.2) is 8.32 Å². The number of carbonyl (C=O) groups excluding carboxylic acids is 1. The van der Waals surface area contributed by atoms with Gasteiger partial charge in [0.2, 0.25) is 0 Å². The van der Waals surface area contributed by atoms with Crippen LogP contribution in [-0.2, 0) is 9.22 Å². The molecule has 4 heteroatoms. The molecule has 0 radical (unpaired) electrons. The second-order valence-corrected chi connectivity index (χ2v) is 13.0. The van der Waals surface area contributed by atoms with Crippen LogP contribution in [0.2, 0.25) is 18.1 Å². The molecule has 0 bridgehead atoms. The van der Waals surface area contributed by atoms with E-state index in [1.807, 2.05) is 73.7 Å². The quantitative estimate of drug-likeness (QED) is 0.433. The fourth-order valence-electron chi connectivity index (χ4n) is 2.53. The summed E-state index contributed by atoms with van der Waals surface area (Å²) in [5, 5.41) is 0.138. The Morgan fingerprint density at radius 2 is 1.41 bits per heavy atom. The molecule has 0 aromatic heterocycles. The van der Waals surface area contributed by atoms with Gasteiger partial charge in [0.1, 0.15) is 0 Å². The van der Waals surface area contributed by atoms with E-state index < -0.39 is 8.32 Å². The van der Waals surface area contributed by atoms with Crippen molar-refractivity contribution in [2.24, 2.45) is 0 Å². The zero-order chi connectivity index (χ0) is 20.1. The van der Waals surface area contributed by atoms with Gasteiger partial charge in [-0.2, -0.15) is 0 Å². The van der Waals surface area contributed by atoms with Crippen molar-refractivity contribution in [1.29, 1.82) is 0 Å². The number of hydrogen-bond acceptors (Lipinski definition) is 2. The molecule has 2 aromatic carbocycles. The van der Waals surface area contributed by atoms with Crippen LogP contribution in [-0.4, -0.2) is 20.3 Å². The molecule has 0 saturated carbocycles. The average Bonchev–Trinajstić information content (AvgIpc) is 2.61. The van der Waals surface area contributed by atoms with E-state index in [1.54, 1.807) is 11.0 Å². The average molecular weight is 382 g/mol. The monoisotopic (exact) mass is 381 g/mol. The summed E-state index contributed by atoms with van der Waals surface area (Å²) in [5.41, 5.74) is 1.69. The lowest BCUT2D eigenvalue weighted by Crippen LogP contribution is -2.43. The minimum atomic E-state index is -1.87. The highest BCUT2D eigenvalue weighted by Gasteiger charge is 2.38. The Morgan fingerprint density at radius 1 is 0.963 bits per heavy atom. The van der Waals surface area contributed by atoms with E-state index in [-0.39, 0.29) is 17.0 Å². The Kier molecular flexibility index (Phi) is 6.79. The highest BCUT2D eigenvalue weighted by Crippen LogP contribution is 2.37. The van der Waals surface area contributed by atoms with Gasteiger partial charge in [-0.3, -0.25) is 9.69 Å². The number of rotatable bonds is 6. The van der Waals surface area contributed by atoms with Crippen LogP contribution >= 0.6 is 0 Å². The summed E-state index contributed by atoms with van der Waals surface area (Å²) in [4.78, 5) is 14.7. The molecule has 0 aliphatic carbocycles. The first-order valence-corrected chi connectivity index (χ1v) is 12.3. The number of carbonyl (C=O) groups is 1. The van der Waals surface area contributed by atoms with Gasteiger partial charge in [0.05, 0.1) is 6.10 Å². The lowest BCUT2D eigenvalue weighted by atomic mass is 10.2. The number of para-hydroxylation sites is 2. The SMILES string of the molecule is C[C@H](/C=C\C(=O)N(c1ccccc1)c1ccccc1)O[Si](C)(C)C(C)(C)C. The zero-order valence-electron chi connectivity index (χ0n) is 17.3. The first-order chi connectivity index (χ1) is 12.6. The topological polar surface area (TPSA) is 29.5 Å². The van der Waals surface area contributed by atoms with Gasteiger partial charge >= 0.3 is 0 Å². The van der Waals surface area contributed by atoms with Crippen molar-refractivity contribution < 1.29 is 9.22 Å². The normalized spacial score (nSPS) is 13.6. The van der Waals surface area contributed by atoms with Crippen LogP contribution in [0.3, 0.4) is 0 Å². The standard InChI is InChI=1S/C23H31NO2Si/c1-19(26-27(5,6)23(2,3)4)17-18-22(25)24(20-13-9-7-10-14-20)21-15-11-8-12-16-21/h7-19H,1-6H3/b18-17-/t19-/m1/s1. The van der Waals surface area contributed by atoms with Crippen molar-refractivity contribution in [1.82, 2.24) is 0 Å². The van der Waals surface area contributed by atoms with Crippen molar-refractivity contribution in [3.63, 3.8) is 0 Å². The second kappa shape index (κ2) is 8.68. The molecule has 2 aromatic rings. The van der Waals surface area contributed by atoms with Gasteiger partial charge in [-0.05, 0) is 49.3 Å². The Bertz CT molecular complexity index is 724. The van der Waals surface area contributed by atoms with Gasteiger partial charge < -0.3 is 4.43 Å². The summed E-state index contributed by atoms with van der Waals surface area (Å²) >= 11 is 0. The molecule has 0 aliphatic heterocycles. The molecule has 1 atom stereocenters. The molecule has 3 nitrogen and oxygen atoms in total. The van der Waals surface area contributed by atoms with Crippen LogP contribution in [0, 0.1) is 0 Å². The van der Waals surface area contributed by atoms with Gasteiger partial charge in [-0.15, -0.1) is 0 Å². The van der Waals surface area contributed by atoms with E-state index in [9.17, 15) is 4.79 Å². The van der Waals surface area contributed by atoms with Gasteiger partial charge in [-0.1, -0.05) is 63.2 Å². The summed E-state index contributed by atoms with van der Waals surface area (Å²) in [6.45, 7) is 13.1. The van der Waals surface area contributed by atoms with E-state index >= 15 is 0 Å². The Balaban J connectivity index is 2.20. The minimum Gasteiger partial charge on any atom is -0.411 e. The summed E-state index contributed by atoms with van der Waals surface area (Å²) < 4.78 is 6.33. The van der Waals surface area contributed by atoms with Crippen LogP contribution in [0.15, 0.2) is 72.8 Å². The Morgan fingerprint density at radius 3 is 1.81 bits per heavy atom. The summed E-state index contributed by atoms with van der Waals surface area (Å²) in [6.07, 6.45) is 3.38. The summed E-state index contributed by atoms with van der Waals surface area (Å²) in [5.74, 6) is -0.0851. The molecule has 0 fully saturated rings. The Hall–Kier alpha value is -2.17. The molecular weight excluding hydrogens is 350 g/mol. The fourth-order valence-corrected chi connectivity index (χ4v) is 3.89. The number of anilines is 2. The molecule has 0 N–H and O–H groups in total. The molecule has 0 saturated heterocycles. The first-order valence-electron chi connectivity index (χ1n) is 9.42. The Labute approximate surface area is 164 Å². The molecule has 0 heterocycles. The largest absolute Gasteiger partial charge is 0.411 e. The number of benzene rings is 2. The third kappa shape index (κ3) is 5.65. The highest BCUT2D eigenvalue weighted by atomic mass is 28.4. The van der Waals surface area contributed by atoms with Crippen molar-refractivity contribution in [3.8, 4) is 0 Å². The summed E-state index contributed by atoms with van der Waals surface area (Å²) in [6, 6.07) is 19.4. The molecule has 0 aliphatic rings. The summed E-state index contributed by atoms with van der Waals surface area (Å²) in [7, 11) is -1.87. The van der Waals surface area contributed by atoms with Gasteiger partial charge in [0.25, 0.3) is 5.91 Å². The maximum atomic E-state index is 13.0. The van der Waals surface area contributed by atoms with Crippen LogP contribution in [0.25, 0.3) is 0 Å². The maximum absolute atomic E-state index is 13.0. The van der Waals surface area contributed by atoms with Crippen LogP contribution in [0.5, 0.6) is 0 Å². The van der Waals surface area contributed by atoms with Crippen LogP contribution in [0.4, 0.5) is 11.4 Å². The lowest BCUT2D eigenvalue weighted by molar-refractivity contribution is -0.113. The smallest absolute Gasteiger partial charge is 0.255 e. The molecule has 2 rings (SSSR count). The molecule has 144 valence electrons. The van der Waals surface area contributed by atoms with E-state index in [0.29, 0.717) is 0 Å². The van der Waals surface area contributed by atoms with Crippen molar-refractivity contribution in [2.45, 2.75) is 51.9 Å². The van der Waals surface area contributed by atoms with Crippen LogP contribution < -0.4 is 4.90 Å². The predicted molar refractivity (Wildman–Crippen MR) is 117 cm³/mol. The van der Waals surface area contributed by atoms with E-state index in [4.69, 9.17) is 4.43 Å². The maximum Gasteiger partial charge on any atom is 0.255 e. The highest BCUT2D eigenvalue weighted by molar-refractivity contribution is 6.74. The molecule has 0 unspecified atom stereocenters. The van der Waals surface area contributed by atoms with Crippen molar-refractivity contribution in [2.75, 3.05) is 4.90 Å². The molecule has 1 amide bonds. The zero-order valence-corrected chi connectivity index (χ0v) is 18.3. The second-order valence-electron chi connectivity index (χ2n) is 8.29. The first kappa shape index (κ1) is 21.1. The number of hydrogen-bond donors (Lipinski definition) is 0. The number of amides is 1. The minimum absolute atomic E-state index is 0.0851. The van der Waals surface area contributed by atoms with E-state index in [0.717, 1.165) is 11.4 Å². The predicted octanol–water partition coefficient (Wildman–Crippen LogP) is 6.32. The van der Waals surface area contributed by atoms with Gasteiger partial charge in [0, 0.05) is 17.5 Å². The molecule has 0 spiro atoms.